The van der Waals surface area contributed by atoms with Crippen molar-refractivity contribution in [1.29, 1.82) is 0 Å². The number of carbonyl (C=O) groups excluding carboxylic acids is 1. The molecule has 0 aromatic heterocycles. The van der Waals surface area contributed by atoms with Crippen molar-refractivity contribution in [2.75, 3.05) is 7.11 Å². The molecule has 1 aromatic carbocycles. The maximum atomic E-state index is 12.9. The van der Waals surface area contributed by atoms with Crippen molar-refractivity contribution in [3.05, 3.63) is 53.1 Å². The van der Waals surface area contributed by atoms with Gasteiger partial charge >= 0.3 is 11.9 Å². The first-order valence-electron chi connectivity index (χ1n) is 16.1. The third-order valence-electron chi connectivity index (χ3n) is 14.0. The van der Waals surface area contributed by atoms with Gasteiger partial charge in [0.15, 0.2) is 0 Å². The van der Waals surface area contributed by atoms with E-state index in [4.69, 9.17) is 4.74 Å². The summed E-state index contributed by atoms with van der Waals surface area (Å²) in [5, 5.41) is 10.6. The highest BCUT2D eigenvalue weighted by Crippen LogP contribution is 2.75. The van der Waals surface area contributed by atoms with Gasteiger partial charge in [-0.3, -0.25) is 4.79 Å². The second kappa shape index (κ2) is 9.32. The van der Waals surface area contributed by atoms with E-state index in [9.17, 15) is 14.7 Å². The molecule has 0 amide bonds. The van der Waals surface area contributed by atoms with Crippen molar-refractivity contribution in [2.24, 2.45) is 50.7 Å². The highest BCUT2D eigenvalue weighted by molar-refractivity contribution is 5.90. The van der Waals surface area contributed by atoms with Gasteiger partial charge in [0.1, 0.15) is 0 Å². The predicted molar refractivity (Wildman–Crippen MR) is 163 cm³/mol. The minimum Gasteiger partial charge on any atom is -0.481 e. The Bertz CT molecular complexity index is 1320. The smallest absolute Gasteiger partial charge is 0.337 e. The molecule has 8 atom stereocenters. The van der Waals surface area contributed by atoms with Crippen LogP contribution in [-0.4, -0.2) is 24.2 Å². The van der Waals surface area contributed by atoms with Crippen LogP contribution in [-0.2, 0) is 9.53 Å². The SMILES string of the molecule is COC(=O)c1ccc(C2=CC[C@]3(C)[C@H]4CC=C5[C@@H]6[C@@H](C)CCC[C@]6(C(=O)O)CC[C@@]5(C)[C@]4(C)CC[C@H]3C2(C)C)cc1. The second-order valence-electron chi connectivity index (χ2n) is 15.7. The van der Waals surface area contributed by atoms with Crippen LogP contribution in [0.2, 0.25) is 0 Å². The van der Waals surface area contributed by atoms with E-state index in [1.807, 2.05) is 12.1 Å². The van der Waals surface area contributed by atoms with E-state index in [-0.39, 0.29) is 33.5 Å². The van der Waals surface area contributed by atoms with Gasteiger partial charge < -0.3 is 9.84 Å². The number of carboxylic acid groups (broad SMARTS) is 1. The number of allylic oxidation sites excluding steroid dienone is 4. The molecule has 0 radical (unpaired) electrons. The van der Waals surface area contributed by atoms with Crippen LogP contribution < -0.4 is 0 Å². The average molecular weight is 559 g/mol. The van der Waals surface area contributed by atoms with Gasteiger partial charge in [0, 0.05) is 0 Å². The average Bonchev–Trinajstić information content (AvgIpc) is 2.93. The zero-order chi connectivity index (χ0) is 29.6. The number of hydrogen-bond donors (Lipinski definition) is 1. The van der Waals surface area contributed by atoms with Crippen molar-refractivity contribution in [3.8, 4) is 0 Å². The predicted octanol–water partition coefficient (Wildman–Crippen LogP) is 8.96. The number of benzene rings is 1. The van der Waals surface area contributed by atoms with Crippen molar-refractivity contribution >= 4 is 17.5 Å². The lowest BCUT2D eigenvalue weighted by atomic mass is 9.33. The van der Waals surface area contributed by atoms with Gasteiger partial charge in [-0.05, 0) is 114 Å². The van der Waals surface area contributed by atoms with Crippen molar-refractivity contribution in [3.63, 3.8) is 0 Å². The first kappa shape index (κ1) is 28.7. The molecule has 3 saturated carbocycles. The molecule has 5 aliphatic carbocycles. The second-order valence-corrected chi connectivity index (χ2v) is 15.7. The summed E-state index contributed by atoms with van der Waals surface area (Å²) in [7, 11) is 1.43. The van der Waals surface area contributed by atoms with Gasteiger partial charge in [-0.1, -0.05) is 84.2 Å². The van der Waals surface area contributed by atoms with Gasteiger partial charge in [-0.2, -0.15) is 0 Å². The topological polar surface area (TPSA) is 63.6 Å². The van der Waals surface area contributed by atoms with Crippen LogP contribution in [0.5, 0.6) is 0 Å². The van der Waals surface area contributed by atoms with Crippen LogP contribution in [0, 0.1) is 50.7 Å². The molecule has 5 aliphatic rings. The summed E-state index contributed by atoms with van der Waals surface area (Å²) in [4.78, 5) is 24.9. The number of esters is 1. The molecule has 1 aromatic rings. The first-order valence-corrected chi connectivity index (χ1v) is 16.1. The molecule has 0 heterocycles. The third kappa shape index (κ3) is 3.70. The molecule has 6 rings (SSSR count). The van der Waals surface area contributed by atoms with Crippen LogP contribution >= 0.6 is 0 Å². The van der Waals surface area contributed by atoms with Crippen LogP contribution in [0.1, 0.15) is 115 Å². The molecule has 0 unspecified atom stereocenters. The maximum Gasteiger partial charge on any atom is 0.337 e. The standard InChI is InChI=1S/C37H50O4/c1-23-9-8-18-37(32(39)40)22-21-35(5)27(30(23)37)14-15-29-34(4)19-16-26(24-10-12-25(13-11-24)31(38)41-7)33(2,3)28(34)17-20-36(29,35)6/h10-14,16,23,28-30H,8-9,15,17-22H2,1-7H3,(H,39,40)/t23-,28-,29+,30-,34-,35+,36+,37-/m0/s1. The summed E-state index contributed by atoms with van der Waals surface area (Å²) < 4.78 is 4.92. The fraction of sp³-hybridized carbons (Fsp3) is 0.676. The summed E-state index contributed by atoms with van der Waals surface area (Å²) in [5.74, 6) is 0.892. The number of rotatable bonds is 3. The Morgan fingerprint density at radius 3 is 2.27 bits per heavy atom. The van der Waals surface area contributed by atoms with Crippen LogP contribution in [0.4, 0.5) is 0 Å². The zero-order valence-electron chi connectivity index (χ0n) is 26.3. The van der Waals surface area contributed by atoms with Gasteiger partial charge in [0.25, 0.3) is 0 Å². The molecule has 4 heteroatoms. The number of hydrogen-bond acceptors (Lipinski definition) is 3. The largest absolute Gasteiger partial charge is 0.481 e. The minimum atomic E-state index is -0.568. The number of fused-ring (bicyclic) bond motifs is 7. The summed E-state index contributed by atoms with van der Waals surface area (Å²) in [6.07, 6.45) is 14.5. The number of carbonyl (C=O) groups is 2. The Morgan fingerprint density at radius 1 is 0.902 bits per heavy atom. The van der Waals surface area contributed by atoms with E-state index in [1.165, 1.54) is 36.7 Å². The Kier molecular flexibility index (Phi) is 6.53. The number of methoxy groups -OCH3 is 1. The summed E-state index contributed by atoms with van der Waals surface area (Å²) in [5.41, 5.74) is 4.54. The van der Waals surface area contributed by atoms with E-state index < -0.39 is 11.4 Å². The Labute approximate surface area is 247 Å². The summed E-state index contributed by atoms with van der Waals surface area (Å²) in [6, 6.07) is 7.97. The van der Waals surface area contributed by atoms with Gasteiger partial charge in [-0.25, -0.2) is 4.79 Å². The fourth-order valence-corrected chi connectivity index (χ4v) is 11.8. The molecule has 222 valence electrons. The van der Waals surface area contributed by atoms with Crippen LogP contribution in [0.25, 0.3) is 5.57 Å². The lowest BCUT2D eigenvalue weighted by Crippen LogP contribution is -2.63. The molecule has 4 nitrogen and oxygen atoms in total. The van der Waals surface area contributed by atoms with Crippen molar-refractivity contribution < 1.29 is 19.4 Å². The summed E-state index contributed by atoms with van der Waals surface area (Å²) in [6.45, 7) is 14.9. The van der Waals surface area contributed by atoms with E-state index in [2.05, 4.69) is 65.8 Å². The quantitative estimate of drug-likeness (QED) is 0.297. The normalized spacial score (nSPS) is 42.8. The highest BCUT2D eigenvalue weighted by atomic mass is 16.5. The first-order chi connectivity index (χ1) is 19.3. The van der Waals surface area contributed by atoms with Crippen molar-refractivity contribution in [2.45, 2.75) is 99.3 Å². The molecule has 0 bridgehead atoms. The van der Waals surface area contributed by atoms with E-state index in [1.54, 1.807) is 0 Å². The molecule has 1 N–H and O–H groups in total. The molecular weight excluding hydrogens is 508 g/mol. The summed E-state index contributed by atoms with van der Waals surface area (Å²) >= 11 is 0. The van der Waals surface area contributed by atoms with Gasteiger partial charge in [0.2, 0.25) is 0 Å². The van der Waals surface area contributed by atoms with E-state index in [0.29, 0.717) is 23.3 Å². The Balaban J connectivity index is 1.38. The molecular formula is C37H50O4. The van der Waals surface area contributed by atoms with Crippen molar-refractivity contribution in [1.82, 2.24) is 0 Å². The molecule has 0 saturated heterocycles. The molecule has 0 aliphatic heterocycles. The highest BCUT2D eigenvalue weighted by Gasteiger charge is 2.68. The van der Waals surface area contributed by atoms with Gasteiger partial charge in [0.05, 0.1) is 18.1 Å². The van der Waals surface area contributed by atoms with E-state index >= 15 is 0 Å². The number of ether oxygens (including phenoxy) is 1. The zero-order valence-corrected chi connectivity index (χ0v) is 26.3. The molecule has 41 heavy (non-hydrogen) atoms. The molecule has 0 spiro atoms. The number of carboxylic acids is 1. The van der Waals surface area contributed by atoms with Crippen LogP contribution in [0.15, 0.2) is 42.0 Å². The third-order valence-corrected chi connectivity index (χ3v) is 14.0. The number of aliphatic carboxylic acids is 1. The van der Waals surface area contributed by atoms with Crippen LogP contribution in [0.3, 0.4) is 0 Å². The lowest BCUT2D eigenvalue weighted by molar-refractivity contribution is -0.177. The minimum absolute atomic E-state index is 0.00885. The molecule has 3 fully saturated rings. The Morgan fingerprint density at radius 2 is 1.61 bits per heavy atom. The van der Waals surface area contributed by atoms with Gasteiger partial charge in [-0.15, -0.1) is 0 Å². The van der Waals surface area contributed by atoms with E-state index in [0.717, 1.165) is 44.9 Å². The lowest BCUT2D eigenvalue weighted by Gasteiger charge is -2.70. The Hall–Kier alpha value is -2.36. The maximum absolute atomic E-state index is 12.9. The fourth-order valence-electron chi connectivity index (χ4n) is 11.8. The monoisotopic (exact) mass is 558 g/mol.